The Morgan fingerprint density at radius 3 is 2.88 bits per heavy atom. The zero-order chi connectivity index (χ0) is 17.1. The number of benzene rings is 2. The number of amides is 1. The van der Waals surface area contributed by atoms with Gasteiger partial charge in [-0.1, -0.05) is 30.3 Å². The maximum Gasteiger partial charge on any atom is 0.247 e. The Hall–Kier alpha value is -2.11. The van der Waals surface area contributed by atoms with Gasteiger partial charge < -0.3 is 15.2 Å². The topological polar surface area (TPSA) is 64.8 Å². The van der Waals surface area contributed by atoms with Crippen molar-refractivity contribution in [3.8, 4) is 5.75 Å². The van der Waals surface area contributed by atoms with Crippen molar-refractivity contribution in [1.82, 2.24) is 4.90 Å². The lowest BCUT2D eigenvalue weighted by atomic mass is 10.0. The molecule has 1 saturated heterocycles. The molecule has 2 aromatic carbocycles. The van der Waals surface area contributed by atoms with Gasteiger partial charge in [0, 0.05) is 25.2 Å². The first kappa shape index (κ1) is 16.7. The Labute approximate surface area is 142 Å². The Bertz CT molecular complexity index is 730. The number of fused-ring (bicyclic) bond motifs is 1. The van der Waals surface area contributed by atoms with Crippen molar-refractivity contribution in [1.29, 1.82) is 0 Å². The summed E-state index contributed by atoms with van der Waals surface area (Å²) < 4.78 is 11.5. The minimum atomic E-state index is -0.539. The predicted molar refractivity (Wildman–Crippen MR) is 93.9 cm³/mol. The van der Waals surface area contributed by atoms with Gasteiger partial charge in [-0.25, -0.2) is 0 Å². The molecule has 24 heavy (non-hydrogen) atoms. The third-order valence-electron chi connectivity index (χ3n) is 4.21. The molecule has 5 nitrogen and oxygen atoms in total. The molecule has 0 aromatic heterocycles. The number of hydrogen-bond acceptors (Lipinski definition) is 4. The van der Waals surface area contributed by atoms with E-state index in [2.05, 4.69) is 23.1 Å². The van der Waals surface area contributed by atoms with Crippen LogP contribution in [0.2, 0.25) is 0 Å². The zero-order valence-electron chi connectivity index (χ0n) is 14.2. The molecular formula is C19H24N2O3. The molecule has 1 amide bonds. The molecule has 2 N–H and O–H groups in total. The number of hydrogen-bond donors (Lipinski definition) is 1. The molecule has 5 heteroatoms. The van der Waals surface area contributed by atoms with Crippen molar-refractivity contribution in [3.63, 3.8) is 0 Å². The molecule has 2 aromatic rings. The summed E-state index contributed by atoms with van der Waals surface area (Å²) >= 11 is 0. The van der Waals surface area contributed by atoms with Gasteiger partial charge in [-0.3, -0.25) is 9.69 Å². The minimum Gasteiger partial charge on any atom is -0.491 e. The molecule has 128 valence electrons. The van der Waals surface area contributed by atoms with Crippen LogP contribution in [0.1, 0.15) is 19.4 Å². The fourth-order valence-electron chi connectivity index (χ4n) is 3.09. The van der Waals surface area contributed by atoms with Gasteiger partial charge in [-0.05, 0) is 30.7 Å². The molecule has 0 bridgehead atoms. The summed E-state index contributed by atoms with van der Waals surface area (Å²) in [7, 11) is 0. The van der Waals surface area contributed by atoms with E-state index in [0.29, 0.717) is 19.7 Å². The predicted octanol–water partition coefficient (Wildman–Crippen LogP) is 2.31. The van der Waals surface area contributed by atoms with Crippen LogP contribution in [0.15, 0.2) is 36.4 Å². The van der Waals surface area contributed by atoms with Crippen LogP contribution in [0.25, 0.3) is 10.8 Å². The van der Waals surface area contributed by atoms with E-state index in [1.165, 1.54) is 10.8 Å². The quantitative estimate of drug-likeness (QED) is 0.915. The Morgan fingerprint density at radius 2 is 2.12 bits per heavy atom. The molecule has 0 spiro atoms. The highest BCUT2D eigenvalue weighted by Crippen LogP contribution is 2.30. The van der Waals surface area contributed by atoms with Gasteiger partial charge >= 0.3 is 0 Å². The normalized spacial score (nSPS) is 18.9. The number of nitrogens with two attached hydrogens (primary N) is 1. The number of rotatable bonds is 5. The summed E-state index contributed by atoms with van der Waals surface area (Å²) in [5.74, 6) is 0.488. The second-order valence-corrected chi connectivity index (χ2v) is 6.43. The lowest BCUT2D eigenvalue weighted by Gasteiger charge is -2.32. The largest absolute Gasteiger partial charge is 0.491 e. The number of morpholine rings is 1. The van der Waals surface area contributed by atoms with Crippen LogP contribution in [0, 0.1) is 0 Å². The second-order valence-electron chi connectivity index (χ2n) is 6.43. The van der Waals surface area contributed by atoms with Crippen LogP contribution in [0.3, 0.4) is 0 Å². The molecule has 0 radical (unpaired) electrons. The molecular weight excluding hydrogens is 304 g/mol. The average molecular weight is 328 g/mol. The monoisotopic (exact) mass is 328 g/mol. The molecule has 1 heterocycles. The van der Waals surface area contributed by atoms with Gasteiger partial charge in [0.15, 0.2) is 0 Å². The van der Waals surface area contributed by atoms with E-state index in [1.54, 1.807) is 0 Å². The van der Waals surface area contributed by atoms with Crippen LogP contribution in [-0.2, 0) is 16.1 Å². The molecule has 0 aliphatic carbocycles. The summed E-state index contributed by atoms with van der Waals surface area (Å²) in [6, 6.07) is 12.4. The Kier molecular flexibility index (Phi) is 5.02. The highest BCUT2D eigenvalue weighted by Gasteiger charge is 2.26. The van der Waals surface area contributed by atoms with Crippen molar-refractivity contribution in [2.45, 2.75) is 32.6 Å². The Balaban J connectivity index is 1.92. The van der Waals surface area contributed by atoms with Gasteiger partial charge in [0.1, 0.15) is 11.9 Å². The van der Waals surface area contributed by atoms with Crippen molar-refractivity contribution in [2.24, 2.45) is 5.73 Å². The van der Waals surface area contributed by atoms with Crippen molar-refractivity contribution >= 4 is 16.7 Å². The zero-order valence-corrected chi connectivity index (χ0v) is 14.2. The minimum absolute atomic E-state index is 0.105. The Morgan fingerprint density at radius 1 is 1.33 bits per heavy atom. The fraction of sp³-hybridized carbons (Fsp3) is 0.421. The molecule has 1 atom stereocenters. The standard InChI is InChI=1S/C19H24N2O3/c1-13(2)24-17-8-7-14-5-3-4-6-15(14)16(17)11-21-9-10-23-18(12-21)19(20)22/h3-8,13,18H,9-12H2,1-2H3,(H2,20,22)/t18-/m1/s1. The highest BCUT2D eigenvalue weighted by molar-refractivity contribution is 5.87. The van der Waals surface area contributed by atoms with Gasteiger partial charge in [-0.15, -0.1) is 0 Å². The summed E-state index contributed by atoms with van der Waals surface area (Å²) in [5.41, 5.74) is 6.54. The van der Waals surface area contributed by atoms with Crippen LogP contribution >= 0.6 is 0 Å². The lowest BCUT2D eigenvalue weighted by molar-refractivity contribution is -0.135. The number of carbonyl (C=O) groups is 1. The first-order chi connectivity index (χ1) is 11.5. The molecule has 1 aliphatic heterocycles. The number of ether oxygens (including phenoxy) is 2. The smallest absolute Gasteiger partial charge is 0.247 e. The second kappa shape index (κ2) is 7.20. The summed E-state index contributed by atoms with van der Waals surface area (Å²) in [6.45, 7) is 6.55. The van der Waals surface area contributed by atoms with E-state index in [1.807, 2.05) is 32.0 Å². The van der Waals surface area contributed by atoms with E-state index < -0.39 is 12.0 Å². The van der Waals surface area contributed by atoms with E-state index in [0.717, 1.165) is 17.9 Å². The van der Waals surface area contributed by atoms with E-state index >= 15 is 0 Å². The van der Waals surface area contributed by atoms with Gasteiger partial charge in [0.25, 0.3) is 0 Å². The molecule has 1 fully saturated rings. The third-order valence-corrected chi connectivity index (χ3v) is 4.21. The molecule has 3 rings (SSSR count). The molecule has 1 aliphatic rings. The van der Waals surface area contributed by atoms with Crippen LogP contribution < -0.4 is 10.5 Å². The fourth-order valence-corrected chi connectivity index (χ4v) is 3.09. The number of carbonyl (C=O) groups excluding carboxylic acids is 1. The molecule has 0 unspecified atom stereocenters. The first-order valence-corrected chi connectivity index (χ1v) is 8.35. The lowest BCUT2D eigenvalue weighted by Crippen LogP contribution is -2.47. The SMILES string of the molecule is CC(C)Oc1ccc2ccccc2c1CN1CCO[C@@H](C(N)=O)C1. The molecule has 0 saturated carbocycles. The maximum atomic E-state index is 11.4. The maximum absolute atomic E-state index is 11.4. The van der Waals surface area contributed by atoms with Gasteiger partial charge in [0.2, 0.25) is 5.91 Å². The van der Waals surface area contributed by atoms with Gasteiger partial charge in [0.05, 0.1) is 12.7 Å². The van der Waals surface area contributed by atoms with Gasteiger partial charge in [-0.2, -0.15) is 0 Å². The summed E-state index contributed by atoms with van der Waals surface area (Å²) in [4.78, 5) is 13.6. The van der Waals surface area contributed by atoms with Crippen LogP contribution in [0.4, 0.5) is 0 Å². The highest BCUT2D eigenvalue weighted by atomic mass is 16.5. The van der Waals surface area contributed by atoms with E-state index in [-0.39, 0.29) is 6.10 Å². The first-order valence-electron chi connectivity index (χ1n) is 8.35. The summed E-state index contributed by atoms with van der Waals surface area (Å²) in [5, 5.41) is 2.36. The van der Waals surface area contributed by atoms with Crippen molar-refractivity contribution in [2.75, 3.05) is 19.7 Å². The van der Waals surface area contributed by atoms with E-state index in [4.69, 9.17) is 15.2 Å². The summed E-state index contributed by atoms with van der Waals surface area (Å²) in [6.07, 6.45) is -0.434. The van der Waals surface area contributed by atoms with E-state index in [9.17, 15) is 4.79 Å². The number of primary amides is 1. The van der Waals surface area contributed by atoms with Crippen LogP contribution in [0.5, 0.6) is 5.75 Å². The van der Waals surface area contributed by atoms with Crippen LogP contribution in [-0.4, -0.2) is 42.7 Å². The number of nitrogens with zero attached hydrogens (tertiary/aromatic N) is 1. The average Bonchev–Trinajstić information content (AvgIpc) is 2.57. The van der Waals surface area contributed by atoms with Crippen molar-refractivity contribution in [3.05, 3.63) is 42.0 Å². The van der Waals surface area contributed by atoms with Crippen molar-refractivity contribution < 1.29 is 14.3 Å². The third kappa shape index (κ3) is 3.68.